The van der Waals surface area contributed by atoms with E-state index in [0.717, 1.165) is 27.2 Å². The van der Waals surface area contributed by atoms with Crippen LogP contribution in [-0.4, -0.2) is 18.9 Å². The van der Waals surface area contributed by atoms with Crippen molar-refractivity contribution >= 4 is 5.82 Å². The van der Waals surface area contributed by atoms with Crippen molar-refractivity contribution in [1.82, 2.24) is 18.9 Å². The molecule has 0 aliphatic heterocycles. The van der Waals surface area contributed by atoms with Crippen molar-refractivity contribution in [1.29, 1.82) is 5.26 Å². The van der Waals surface area contributed by atoms with Crippen molar-refractivity contribution in [2.24, 2.45) is 14.1 Å². The summed E-state index contributed by atoms with van der Waals surface area (Å²) in [5.74, 6) is 0.214. The summed E-state index contributed by atoms with van der Waals surface area (Å²) in [5.41, 5.74) is 2.70. The molecule has 0 radical (unpaired) electrons. The van der Waals surface area contributed by atoms with Crippen LogP contribution in [0.1, 0.15) is 35.5 Å². The third kappa shape index (κ3) is 3.22. The van der Waals surface area contributed by atoms with Gasteiger partial charge in [0.15, 0.2) is 5.56 Å². The number of benzene rings is 1. The molecule has 8 nitrogen and oxygen atoms in total. The van der Waals surface area contributed by atoms with E-state index >= 15 is 0 Å². The summed E-state index contributed by atoms with van der Waals surface area (Å²) >= 11 is 0. The molecule has 0 aliphatic rings. The zero-order chi connectivity index (χ0) is 20.6. The molecule has 0 aliphatic carbocycles. The monoisotopic (exact) mass is 378 g/mol. The van der Waals surface area contributed by atoms with Crippen LogP contribution < -0.4 is 16.6 Å². The Morgan fingerprint density at radius 3 is 2.29 bits per heavy atom. The van der Waals surface area contributed by atoms with Gasteiger partial charge in [0.05, 0.1) is 11.4 Å². The summed E-state index contributed by atoms with van der Waals surface area (Å²) in [6.07, 6.45) is 0. The van der Waals surface area contributed by atoms with Crippen molar-refractivity contribution in [3.63, 3.8) is 0 Å². The highest BCUT2D eigenvalue weighted by Crippen LogP contribution is 2.21. The summed E-state index contributed by atoms with van der Waals surface area (Å²) in [4.78, 5) is 24.4. The van der Waals surface area contributed by atoms with Crippen LogP contribution in [0.4, 0.5) is 5.82 Å². The minimum Gasteiger partial charge on any atom is -0.364 e. The van der Waals surface area contributed by atoms with Gasteiger partial charge in [-0.1, -0.05) is 12.1 Å². The van der Waals surface area contributed by atoms with Crippen LogP contribution in [0.3, 0.4) is 0 Å². The second kappa shape index (κ2) is 7.19. The predicted octanol–water partition coefficient (Wildman–Crippen LogP) is 1.93. The van der Waals surface area contributed by atoms with E-state index in [-0.39, 0.29) is 17.4 Å². The van der Waals surface area contributed by atoms with Crippen LogP contribution in [0.25, 0.3) is 5.69 Å². The van der Waals surface area contributed by atoms with E-state index in [1.807, 2.05) is 61.9 Å². The molecule has 0 amide bonds. The molecular formula is C20H22N6O2. The zero-order valence-electron chi connectivity index (χ0n) is 16.5. The first-order chi connectivity index (χ1) is 13.2. The van der Waals surface area contributed by atoms with Gasteiger partial charge in [-0.05, 0) is 44.5 Å². The summed E-state index contributed by atoms with van der Waals surface area (Å²) < 4.78 is 4.08. The van der Waals surface area contributed by atoms with Crippen LogP contribution in [0.2, 0.25) is 0 Å². The maximum absolute atomic E-state index is 12.2. The first-order valence-corrected chi connectivity index (χ1v) is 8.84. The minimum absolute atomic E-state index is 0.0873. The van der Waals surface area contributed by atoms with E-state index < -0.39 is 11.2 Å². The van der Waals surface area contributed by atoms with Gasteiger partial charge in [0.1, 0.15) is 11.9 Å². The molecule has 0 bridgehead atoms. The fourth-order valence-corrected chi connectivity index (χ4v) is 3.20. The normalized spacial score (nSPS) is 11.9. The van der Waals surface area contributed by atoms with Crippen LogP contribution in [-0.2, 0) is 14.1 Å². The predicted molar refractivity (Wildman–Crippen MR) is 107 cm³/mol. The second-order valence-corrected chi connectivity index (χ2v) is 6.84. The van der Waals surface area contributed by atoms with Crippen LogP contribution >= 0.6 is 0 Å². The Balaban J connectivity index is 1.94. The molecule has 1 aromatic carbocycles. The van der Waals surface area contributed by atoms with Gasteiger partial charge in [0.25, 0.3) is 5.56 Å². The van der Waals surface area contributed by atoms with E-state index in [9.17, 15) is 14.9 Å². The summed E-state index contributed by atoms with van der Waals surface area (Å²) in [6.45, 7) is 5.85. The quantitative estimate of drug-likeness (QED) is 0.748. The molecule has 1 N–H and O–H groups in total. The summed E-state index contributed by atoms with van der Waals surface area (Å²) in [5, 5.41) is 17.0. The topological polar surface area (TPSA) is 97.6 Å². The lowest BCUT2D eigenvalue weighted by molar-refractivity contribution is 0.678. The van der Waals surface area contributed by atoms with Crippen molar-refractivity contribution in [2.75, 3.05) is 5.32 Å². The van der Waals surface area contributed by atoms with Gasteiger partial charge in [0, 0.05) is 25.8 Å². The first-order valence-electron chi connectivity index (χ1n) is 8.84. The Kier molecular flexibility index (Phi) is 4.92. The van der Waals surface area contributed by atoms with Crippen LogP contribution in [0.15, 0.2) is 39.9 Å². The fraction of sp³-hybridized carbons (Fsp3) is 0.300. The minimum atomic E-state index is -0.611. The van der Waals surface area contributed by atoms with Gasteiger partial charge >= 0.3 is 5.69 Å². The van der Waals surface area contributed by atoms with E-state index in [1.165, 1.54) is 18.7 Å². The molecule has 3 rings (SSSR count). The summed E-state index contributed by atoms with van der Waals surface area (Å²) in [7, 11) is 2.89. The Morgan fingerprint density at radius 1 is 1.11 bits per heavy atom. The number of nitrogens with one attached hydrogen (secondary N) is 1. The average Bonchev–Trinajstić information content (AvgIpc) is 3.02. The zero-order valence-corrected chi connectivity index (χ0v) is 16.5. The highest BCUT2D eigenvalue weighted by atomic mass is 16.2. The molecule has 8 heteroatoms. The fourth-order valence-electron chi connectivity index (χ4n) is 3.20. The number of hydrogen-bond donors (Lipinski definition) is 1. The van der Waals surface area contributed by atoms with Gasteiger partial charge in [-0.25, -0.2) is 9.48 Å². The molecule has 0 saturated heterocycles. The maximum Gasteiger partial charge on any atom is 0.332 e. The standard InChI is InChI=1S/C20H22N6O2/c1-12-10-13(2)26(23-12)16-8-6-15(7-9-16)14(3)22-18-17(11-21)19(27)25(5)20(28)24(18)4/h6-10,14,22H,1-5H3/t14-/m1/s1. The number of anilines is 1. The SMILES string of the molecule is Cc1cc(C)n(-c2ccc([C@@H](C)Nc3c(C#N)c(=O)n(C)c(=O)n3C)cc2)n1. The number of rotatable bonds is 4. The molecule has 0 spiro atoms. The molecule has 3 aromatic rings. The van der Waals surface area contributed by atoms with Gasteiger partial charge in [-0.3, -0.25) is 13.9 Å². The Morgan fingerprint density at radius 2 is 1.75 bits per heavy atom. The van der Waals surface area contributed by atoms with Gasteiger partial charge < -0.3 is 5.32 Å². The molecule has 0 saturated carbocycles. The Bertz CT molecular complexity index is 1190. The molecule has 2 heterocycles. The second-order valence-electron chi connectivity index (χ2n) is 6.84. The van der Waals surface area contributed by atoms with E-state index in [1.54, 1.807) is 0 Å². The van der Waals surface area contributed by atoms with Crippen LogP contribution in [0, 0.1) is 25.2 Å². The van der Waals surface area contributed by atoms with Gasteiger partial charge in [-0.2, -0.15) is 10.4 Å². The molecule has 2 aromatic heterocycles. The molecule has 0 unspecified atom stereocenters. The molecule has 1 atom stereocenters. The van der Waals surface area contributed by atoms with Crippen molar-refractivity contribution in [3.05, 3.63) is 73.7 Å². The van der Waals surface area contributed by atoms with Gasteiger partial charge in [0.2, 0.25) is 0 Å². The third-order valence-corrected chi connectivity index (χ3v) is 4.78. The maximum atomic E-state index is 12.2. The van der Waals surface area contributed by atoms with E-state index in [2.05, 4.69) is 10.4 Å². The lowest BCUT2D eigenvalue weighted by Gasteiger charge is -2.19. The Hall–Kier alpha value is -3.60. The Labute approximate surface area is 162 Å². The highest BCUT2D eigenvalue weighted by molar-refractivity contribution is 5.52. The average molecular weight is 378 g/mol. The molecule has 28 heavy (non-hydrogen) atoms. The first kappa shape index (κ1) is 19.2. The molecular weight excluding hydrogens is 356 g/mol. The molecule has 0 fully saturated rings. The van der Waals surface area contributed by atoms with Crippen molar-refractivity contribution < 1.29 is 0 Å². The van der Waals surface area contributed by atoms with Crippen molar-refractivity contribution in [2.45, 2.75) is 26.8 Å². The van der Waals surface area contributed by atoms with E-state index in [4.69, 9.17) is 0 Å². The number of hydrogen-bond acceptors (Lipinski definition) is 5. The molecule has 144 valence electrons. The largest absolute Gasteiger partial charge is 0.364 e. The van der Waals surface area contributed by atoms with Gasteiger partial charge in [-0.15, -0.1) is 0 Å². The number of nitriles is 1. The lowest BCUT2D eigenvalue weighted by Crippen LogP contribution is -2.40. The smallest absolute Gasteiger partial charge is 0.332 e. The van der Waals surface area contributed by atoms with Crippen molar-refractivity contribution in [3.8, 4) is 11.8 Å². The summed E-state index contributed by atoms with van der Waals surface area (Å²) in [6, 6.07) is 11.5. The van der Waals surface area contributed by atoms with Crippen LogP contribution in [0.5, 0.6) is 0 Å². The number of aryl methyl sites for hydroxylation is 2. The number of aromatic nitrogens is 4. The third-order valence-electron chi connectivity index (χ3n) is 4.78. The highest BCUT2D eigenvalue weighted by Gasteiger charge is 2.17. The number of nitrogens with zero attached hydrogens (tertiary/aromatic N) is 5. The van der Waals surface area contributed by atoms with E-state index in [0.29, 0.717) is 0 Å². The lowest BCUT2D eigenvalue weighted by atomic mass is 10.1.